The second-order valence-electron chi connectivity index (χ2n) is 25.2. The Labute approximate surface area is 510 Å². The smallest absolute Gasteiger partial charge is 0.331 e. The predicted octanol–water partition coefficient (Wildman–Crippen LogP) is 7.65. The fourth-order valence-electron chi connectivity index (χ4n) is 12.2. The van der Waals surface area contributed by atoms with E-state index in [2.05, 4.69) is 50.8 Å². The lowest BCUT2D eigenvalue weighted by Gasteiger charge is -2.18. The molecule has 5 aliphatic rings. The van der Waals surface area contributed by atoms with E-state index in [0.29, 0.717) is 17.7 Å². The molecule has 18 nitrogen and oxygen atoms in total. The largest absolute Gasteiger partial charge is 0.464 e. The van der Waals surface area contributed by atoms with Crippen molar-refractivity contribution in [3.63, 3.8) is 0 Å². The number of nitrogens with one attached hydrogen (secondary N) is 5. The van der Waals surface area contributed by atoms with E-state index in [4.69, 9.17) is 9.47 Å². The molecule has 0 aromatic heterocycles. The molecule has 0 bridgehead atoms. The van der Waals surface area contributed by atoms with Crippen LogP contribution in [0.4, 0.5) is 0 Å². The van der Waals surface area contributed by atoms with Gasteiger partial charge in [0.2, 0.25) is 29.5 Å². The Morgan fingerprint density at radius 1 is 0.460 bits per heavy atom. The minimum absolute atomic E-state index is 0.0506. The third-order valence-electron chi connectivity index (χ3n) is 17.3. The minimum Gasteiger partial charge on any atom is -0.464 e. The molecule has 2 aliphatic heterocycles. The number of carbonyl (C=O) groups excluding carboxylic acids is 9. The lowest BCUT2D eigenvalue weighted by Crippen LogP contribution is -2.43. The maximum atomic E-state index is 14.3. The normalized spacial score (nSPS) is 23.5. The fraction of sp³-hybridized carbons (Fsp3) is 0.493. The van der Waals surface area contributed by atoms with Gasteiger partial charge in [-0.05, 0) is 93.8 Å². The van der Waals surface area contributed by atoms with Gasteiger partial charge in [-0.3, -0.25) is 38.4 Å². The number of nitrogens with zero attached hydrogens (tertiary/aromatic N) is 2. The number of unbranched alkanes of at least 4 members (excludes halogenated alkanes) is 9. The van der Waals surface area contributed by atoms with Crippen molar-refractivity contribution in [1.82, 2.24) is 36.4 Å². The van der Waals surface area contributed by atoms with Crippen LogP contribution in [-0.2, 0) is 43.0 Å². The van der Waals surface area contributed by atoms with Gasteiger partial charge in [-0.1, -0.05) is 142 Å². The number of amides is 7. The zero-order valence-electron chi connectivity index (χ0n) is 50.4. The highest BCUT2D eigenvalue weighted by molar-refractivity contribution is 6.00. The highest BCUT2D eigenvalue weighted by atomic mass is 16.6. The molecule has 2 heterocycles. The van der Waals surface area contributed by atoms with Crippen molar-refractivity contribution in [3.8, 4) is 0 Å². The lowest BCUT2D eigenvalue weighted by molar-refractivity contribution is -0.148. The standard InChI is InChI=1S/C69H85N7O11/c1-69(2,3)87-61(78)34-33-60(77)71-40-62(79)86-36-22-11-9-7-5-4-6-8-10-21-35-70-63(80)53-41-75(42-54(53)64(81)72-57-37-50(57)45-23-15-12-16-24-45)67(84)48-29-31-49(32-30-48)68(85)76-43-55(65(82)73-58-38-51(58)46-25-17-13-18-26-46)56(44-76)66(83)74-59-39-52(59)47-27-19-14-20-28-47/h12-20,23-34,50-59H,4-11,21-22,35-44H2,1-3H3,(H,70,80)(H,71,77)(H,72,81)(H,73,82)(H,74,83)/b34-33+/t50-,51-,52-,53-,54-,55-,56-,57+,58+,59+/m1/s1. The summed E-state index contributed by atoms with van der Waals surface area (Å²) in [6.45, 7) is 5.83. The molecule has 5 fully saturated rings. The van der Waals surface area contributed by atoms with Crippen LogP contribution < -0.4 is 26.6 Å². The Kier molecular flexibility index (Phi) is 21.8. The molecule has 0 unspecified atom stereocenters. The maximum absolute atomic E-state index is 14.3. The second-order valence-corrected chi connectivity index (χ2v) is 25.2. The van der Waals surface area contributed by atoms with Gasteiger partial charge in [-0.2, -0.15) is 0 Å². The number of hydrogen-bond donors (Lipinski definition) is 5. The van der Waals surface area contributed by atoms with Crippen LogP contribution in [-0.4, -0.2) is 133 Å². The monoisotopic (exact) mass is 1190 g/mol. The van der Waals surface area contributed by atoms with Gasteiger partial charge < -0.3 is 45.9 Å². The second kappa shape index (κ2) is 30.0. The molecule has 7 amide bonds. The average molecular weight is 1190 g/mol. The average Bonchev–Trinajstić information content (AvgIpc) is 2.42. The SMILES string of the molecule is CC(C)(C)OC(=O)/C=C/C(=O)NCC(=O)OCCCCCCCCCCCCNC(=O)[C@@H]1CN(C(=O)c2ccc(C(=O)N3C[C@@H](C(=O)N[C@H]4C[C@@H]4c4ccccc4)[C@H](C(=O)N[C@H]4C[C@@H]4c4ccccc4)C3)cc2)C[C@H]1C(=O)N[C@H]1C[C@@H]1c1ccccc1. The maximum Gasteiger partial charge on any atom is 0.331 e. The zero-order chi connectivity index (χ0) is 61.5. The molecular weight excluding hydrogens is 1100 g/mol. The lowest BCUT2D eigenvalue weighted by atomic mass is 9.94. The molecule has 3 saturated carbocycles. The summed E-state index contributed by atoms with van der Waals surface area (Å²) >= 11 is 0. The van der Waals surface area contributed by atoms with E-state index in [9.17, 15) is 43.2 Å². The van der Waals surface area contributed by atoms with Gasteiger partial charge >= 0.3 is 11.9 Å². The number of esters is 2. The molecule has 10 atom stereocenters. The fourth-order valence-corrected chi connectivity index (χ4v) is 12.2. The van der Waals surface area contributed by atoms with E-state index in [1.807, 2.05) is 66.7 Å². The number of benzene rings is 4. The van der Waals surface area contributed by atoms with Gasteiger partial charge in [-0.25, -0.2) is 4.79 Å². The number of ether oxygens (including phenoxy) is 2. The van der Waals surface area contributed by atoms with Crippen LogP contribution in [0.25, 0.3) is 0 Å². The highest BCUT2D eigenvalue weighted by Gasteiger charge is 2.50. The van der Waals surface area contributed by atoms with Crippen LogP contribution in [0, 0.1) is 23.7 Å². The Bertz CT molecular complexity index is 3000. The van der Waals surface area contributed by atoms with Gasteiger partial charge in [0.25, 0.3) is 11.8 Å². The molecule has 4 aromatic carbocycles. The van der Waals surface area contributed by atoms with Crippen LogP contribution in [0.2, 0.25) is 0 Å². The van der Waals surface area contributed by atoms with Crippen molar-refractivity contribution in [2.24, 2.45) is 23.7 Å². The van der Waals surface area contributed by atoms with Crippen molar-refractivity contribution in [3.05, 3.63) is 155 Å². The highest BCUT2D eigenvalue weighted by Crippen LogP contribution is 2.44. The Hall–Kier alpha value is -8.15. The van der Waals surface area contributed by atoms with Gasteiger partial charge in [0.05, 0.1) is 30.3 Å². The molecule has 0 radical (unpaired) electrons. The topological polar surface area (TPSA) is 239 Å². The number of rotatable bonds is 29. The first-order valence-corrected chi connectivity index (χ1v) is 31.4. The van der Waals surface area contributed by atoms with Gasteiger partial charge in [0, 0.05) is 91.9 Å². The third kappa shape index (κ3) is 18.4. The van der Waals surface area contributed by atoms with E-state index < -0.39 is 47.1 Å². The summed E-state index contributed by atoms with van der Waals surface area (Å²) in [7, 11) is 0. The van der Waals surface area contributed by atoms with Crippen molar-refractivity contribution in [2.75, 3.05) is 45.9 Å². The summed E-state index contributed by atoms with van der Waals surface area (Å²) in [6.07, 6.45) is 14.1. The minimum atomic E-state index is -0.762. The Morgan fingerprint density at radius 2 is 0.828 bits per heavy atom. The van der Waals surface area contributed by atoms with Crippen LogP contribution in [0.1, 0.15) is 159 Å². The van der Waals surface area contributed by atoms with Crippen molar-refractivity contribution in [2.45, 2.75) is 146 Å². The van der Waals surface area contributed by atoms with Gasteiger partial charge in [0.1, 0.15) is 12.1 Å². The number of carbonyl (C=O) groups is 9. The van der Waals surface area contributed by atoms with E-state index in [1.54, 1.807) is 54.8 Å². The molecule has 4 aromatic rings. The molecule has 2 saturated heterocycles. The molecule has 87 heavy (non-hydrogen) atoms. The summed E-state index contributed by atoms with van der Waals surface area (Å²) < 4.78 is 10.3. The van der Waals surface area contributed by atoms with E-state index in [0.717, 1.165) is 112 Å². The first-order chi connectivity index (χ1) is 42.0. The van der Waals surface area contributed by atoms with Crippen LogP contribution in [0.5, 0.6) is 0 Å². The summed E-state index contributed by atoms with van der Waals surface area (Å²) in [5.41, 5.74) is 3.38. The Balaban J connectivity index is 0.714. The molecule has 0 spiro atoms. The summed E-state index contributed by atoms with van der Waals surface area (Å²) in [5.74, 6) is -5.97. The van der Waals surface area contributed by atoms with E-state index in [1.165, 1.54) is 0 Å². The zero-order valence-corrected chi connectivity index (χ0v) is 50.4. The number of hydrogen-bond acceptors (Lipinski definition) is 11. The third-order valence-corrected chi connectivity index (χ3v) is 17.3. The predicted molar refractivity (Wildman–Crippen MR) is 328 cm³/mol. The molecular formula is C69H85N7O11. The van der Waals surface area contributed by atoms with Crippen molar-refractivity contribution >= 4 is 53.3 Å². The summed E-state index contributed by atoms with van der Waals surface area (Å²) in [6, 6.07) is 36.2. The van der Waals surface area contributed by atoms with E-state index in [-0.39, 0.29) is 111 Å². The van der Waals surface area contributed by atoms with E-state index >= 15 is 0 Å². The quantitative estimate of drug-likeness (QED) is 0.0201. The summed E-state index contributed by atoms with van der Waals surface area (Å²) in [5, 5.41) is 15.0. The van der Waals surface area contributed by atoms with Gasteiger partial charge in [-0.15, -0.1) is 0 Å². The Morgan fingerprint density at radius 3 is 1.22 bits per heavy atom. The first-order valence-electron chi connectivity index (χ1n) is 31.4. The molecule has 9 rings (SSSR count). The van der Waals surface area contributed by atoms with Crippen molar-refractivity contribution in [1.29, 1.82) is 0 Å². The molecule has 462 valence electrons. The molecule has 5 N–H and O–H groups in total. The summed E-state index contributed by atoms with van der Waals surface area (Å²) in [4.78, 5) is 123. The van der Waals surface area contributed by atoms with Crippen LogP contribution in [0.3, 0.4) is 0 Å². The molecule has 18 heteroatoms. The van der Waals surface area contributed by atoms with Gasteiger partial charge in [0.15, 0.2) is 0 Å². The number of likely N-dealkylation sites (tertiary alicyclic amines) is 2. The molecule has 3 aliphatic carbocycles. The van der Waals surface area contributed by atoms with Crippen LogP contribution in [0.15, 0.2) is 127 Å². The van der Waals surface area contributed by atoms with Crippen LogP contribution >= 0.6 is 0 Å². The first kappa shape index (κ1) is 63.4. The van der Waals surface area contributed by atoms with Crippen molar-refractivity contribution < 1.29 is 52.6 Å².